The first-order valence-electron chi connectivity index (χ1n) is 9.33. The van der Waals surface area contributed by atoms with E-state index in [9.17, 15) is 9.59 Å². The van der Waals surface area contributed by atoms with Crippen LogP contribution < -0.4 is 14.8 Å². The zero-order chi connectivity index (χ0) is 20.0. The highest BCUT2D eigenvalue weighted by Gasteiger charge is 2.76. The molecule has 0 aliphatic heterocycles. The predicted octanol–water partition coefficient (Wildman–Crippen LogP) is 3.52. The molecule has 0 spiro atoms. The Balaban J connectivity index is 1.71. The summed E-state index contributed by atoms with van der Waals surface area (Å²) in [5.74, 6) is 1.50. The third kappa shape index (κ3) is 2.63. The van der Waals surface area contributed by atoms with E-state index >= 15 is 0 Å². The van der Waals surface area contributed by atoms with Crippen molar-refractivity contribution in [3.05, 3.63) is 23.8 Å². The Hall–Kier alpha value is -1.56. The molecule has 0 saturated heterocycles. The topological polar surface area (TPSA) is 64.6 Å². The quantitative estimate of drug-likeness (QED) is 0.691. The van der Waals surface area contributed by atoms with Gasteiger partial charge in [0.05, 0.1) is 24.5 Å². The Morgan fingerprint density at radius 3 is 2.41 bits per heavy atom. The molecule has 5 nitrogen and oxygen atoms in total. The van der Waals surface area contributed by atoms with Crippen LogP contribution in [0.5, 0.6) is 11.5 Å². The van der Waals surface area contributed by atoms with Gasteiger partial charge in [-0.2, -0.15) is 0 Å². The number of ketones is 1. The number of benzene rings is 1. The summed E-state index contributed by atoms with van der Waals surface area (Å²) in [7, 11) is 3.21. The first-order chi connectivity index (χ1) is 12.7. The lowest BCUT2D eigenvalue weighted by Gasteiger charge is -2.39. The number of ether oxygens (including phenoxy) is 2. The summed E-state index contributed by atoms with van der Waals surface area (Å²) in [6.45, 7) is 6.65. The lowest BCUT2D eigenvalue weighted by atomic mass is 9.64. The molecule has 0 aromatic heterocycles. The minimum atomic E-state index is -0.684. The number of alkyl halides is 1. The number of nitrogens with one attached hydrogen (secondary N) is 1. The number of methoxy groups -OCH3 is 2. The molecule has 1 aromatic carbocycles. The molecule has 2 aliphatic rings. The van der Waals surface area contributed by atoms with Crippen LogP contribution in [0.2, 0.25) is 0 Å². The van der Waals surface area contributed by atoms with Crippen LogP contribution in [-0.2, 0) is 16.0 Å². The maximum Gasteiger partial charge on any atom is 0.228 e. The second kappa shape index (κ2) is 6.80. The van der Waals surface area contributed by atoms with Crippen molar-refractivity contribution in [3.8, 4) is 11.5 Å². The van der Waals surface area contributed by atoms with Gasteiger partial charge in [0.15, 0.2) is 17.3 Å². The van der Waals surface area contributed by atoms with E-state index in [1.807, 2.05) is 25.1 Å². The molecule has 3 atom stereocenters. The number of carbonyl (C=O) groups is 2. The molecular formula is C21H28BrNO4. The van der Waals surface area contributed by atoms with Crippen LogP contribution in [0.25, 0.3) is 0 Å². The highest BCUT2D eigenvalue weighted by molar-refractivity contribution is 9.10. The minimum absolute atomic E-state index is 0.0237. The Bertz CT molecular complexity index is 777. The molecule has 1 aromatic rings. The summed E-state index contributed by atoms with van der Waals surface area (Å²) in [6, 6.07) is 5.76. The lowest BCUT2D eigenvalue weighted by Crippen LogP contribution is -2.51. The summed E-state index contributed by atoms with van der Waals surface area (Å²) in [5, 5.41) is 3.09. The molecule has 6 heteroatoms. The van der Waals surface area contributed by atoms with Crippen molar-refractivity contribution < 1.29 is 19.1 Å². The van der Waals surface area contributed by atoms with Gasteiger partial charge in [0.1, 0.15) is 0 Å². The maximum atomic E-state index is 13.2. The molecule has 27 heavy (non-hydrogen) atoms. The van der Waals surface area contributed by atoms with E-state index in [1.54, 1.807) is 14.2 Å². The number of carbonyl (C=O) groups excluding carboxylic acids is 2. The Labute approximate surface area is 169 Å². The van der Waals surface area contributed by atoms with Crippen molar-refractivity contribution >= 4 is 27.6 Å². The van der Waals surface area contributed by atoms with E-state index < -0.39 is 15.7 Å². The first-order valence-corrected chi connectivity index (χ1v) is 10.2. The third-order valence-corrected chi connectivity index (χ3v) is 8.47. The van der Waals surface area contributed by atoms with E-state index in [4.69, 9.17) is 9.47 Å². The molecule has 0 heterocycles. The average Bonchev–Trinajstić information content (AvgIpc) is 2.93. The zero-order valence-electron chi connectivity index (χ0n) is 16.6. The van der Waals surface area contributed by atoms with E-state index in [0.29, 0.717) is 24.5 Å². The summed E-state index contributed by atoms with van der Waals surface area (Å²) < 4.78 is 10.6. The van der Waals surface area contributed by atoms with Gasteiger partial charge in [-0.25, -0.2) is 0 Å². The van der Waals surface area contributed by atoms with Gasteiger partial charge in [-0.05, 0) is 42.4 Å². The molecule has 148 valence electrons. The summed E-state index contributed by atoms with van der Waals surface area (Å²) in [4.78, 5) is 25.6. The second-order valence-electron chi connectivity index (χ2n) is 8.35. The van der Waals surface area contributed by atoms with Crippen molar-refractivity contribution in [1.29, 1.82) is 0 Å². The van der Waals surface area contributed by atoms with Gasteiger partial charge in [0.2, 0.25) is 5.91 Å². The molecule has 0 unspecified atom stereocenters. The van der Waals surface area contributed by atoms with E-state index in [0.717, 1.165) is 18.4 Å². The predicted molar refractivity (Wildman–Crippen MR) is 108 cm³/mol. The van der Waals surface area contributed by atoms with Crippen LogP contribution >= 0.6 is 15.9 Å². The van der Waals surface area contributed by atoms with Crippen molar-refractivity contribution in [2.75, 3.05) is 20.8 Å². The van der Waals surface area contributed by atoms with Crippen LogP contribution in [0.4, 0.5) is 0 Å². The van der Waals surface area contributed by atoms with Gasteiger partial charge in [-0.15, -0.1) is 0 Å². The average molecular weight is 438 g/mol. The largest absolute Gasteiger partial charge is 0.493 e. The number of Topliss-reactive ketones (excluding diaryl/α,β-unsaturated/α-hetero) is 1. The van der Waals surface area contributed by atoms with Crippen molar-refractivity contribution in [2.24, 2.45) is 16.2 Å². The fourth-order valence-electron chi connectivity index (χ4n) is 4.97. The molecule has 3 rings (SSSR count). The van der Waals surface area contributed by atoms with E-state index in [2.05, 4.69) is 35.1 Å². The number of amides is 1. The van der Waals surface area contributed by atoms with E-state index in [-0.39, 0.29) is 17.1 Å². The third-order valence-electron chi connectivity index (χ3n) is 7.27. The van der Waals surface area contributed by atoms with Gasteiger partial charge < -0.3 is 14.8 Å². The highest BCUT2D eigenvalue weighted by atomic mass is 79.9. The summed E-state index contributed by atoms with van der Waals surface area (Å²) in [5.41, 5.74) is -0.449. The Morgan fingerprint density at radius 2 is 1.85 bits per heavy atom. The van der Waals surface area contributed by atoms with Crippen LogP contribution in [0.3, 0.4) is 0 Å². The molecule has 2 fully saturated rings. The Kier molecular flexibility index (Phi) is 5.08. The standard InChI is InChI=1S/C21H28BrNO4/c1-19(2)20(3)9-10-21(19,16(22)17(20)24)18(25)23-11-8-13-6-7-14(26-4)15(12-13)27-5/h6-7,12,16H,8-11H2,1-5H3,(H,23,25)/t16-,20-,21-/m0/s1. The maximum absolute atomic E-state index is 13.2. The molecule has 2 bridgehead atoms. The van der Waals surface area contributed by atoms with E-state index in [1.165, 1.54) is 0 Å². The normalized spacial score (nSPS) is 31.0. The van der Waals surface area contributed by atoms with Crippen LogP contribution in [0.15, 0.2) is 18.2 Å². The molecular weight excluding hydrogens is 410 g/mol. The Morgan fingerprint density at radius 1 is 1.19 bits per heavy atom. The van der Waals surface area contributed by atoms with Gasteiger partial charge in [-0.1, -0.05) is 42.8 Å². The zero-order valence-corrected chi connectivity index (χ0v) is 18.2. The smallest absolute Gasteiger partial charge is 0.228 e. The number of hydrogen-bond acceptors (Lipinski definition) is 4. The highest BCUT2D eigenvalue weighted by Crippen LogP contribution is 2.72. The fraction of sp³-hybridized carbons (Fsp3) is 0.619. The SMILES string of the molecule is COc1ccc(CCNC(=O)[C@]23CC[C@@](C)(C(=O)[C@@H]2Br)C3(C)C)cc1OC. The number of rotatable bonds is 6. The fourth-order valence-corrected chi connectivity index (χ4v) is 6.48. The summed E-state index contributed by atoms with van der Waals surface area (Å²) >= 11 is 3.56. The molecule has 1 amide bonds. The second-order valence-corrected chi connectivity index (χ2v) is 9.27. The first kappa shape index (κ1) is 20.2. The van der Waals surface area contributed by atoms with Crippen LogP contribution in [-0.4, -0.2) is 37.3 Å². The molecule has 1 N–H and O–H groups in total. The van der Waals surface area contributed by atoms with Gasteiger partial charge in [0, 0.05) is 12.0 Å². The van der Waals surface area contributed by atoms with Crippen molar-refractivity contribution in [1.82, 2.24) is 5.32 Å². The summed E-state index contributed by atoms with van der Waals surface area (Å²) in [6.07, 6.45) is 2.19. The number of fused-ring (bicyclic) bond motifs is 2. The van der Waals surface area contributed by atoms with Gasteiger partial charge >= 0.3 is 0 Å². The lowest BCUT2D eigenvalue weighted by molar-refractivity contribution is -0.135. The molecule has 2 saturated carbocycles. The molecule has 2 aliphatic carbocycles. The monoisotopic (exact) mass is 437 g/mol. The van der Waals surface area contributed by atoms with Gasteiger partial charge in [-0.3, -0.25) is 9.59 Å². The van der Waals surface area contributed by atoms with Crippen molar-refractivity contribution in [2.45, 2.75) is 44.9 Å². The van der Waals surface area contributed by atoms with Crippen molar-refractivity contribution in [3.63, 3.8) is 0 Å². The number of halogens is 1. The van der Waals surface area contributed by atoms with Gasteiger partial charge in [0.25, 0.3) is 0 Å². The van der Waals surface area contributed by atoms with Crippen LogP contribution in [0.1, 0.15) is 39.2 Å². The number of hydrogen-bond donors (Lipinski definition) is 1. The molecule has 0 radical (unpaired) electrons. The minimum Gasteiger partial charge on any atom is -0.493 e. The van der Waals surface area contributed by atoms with Crippen LogP contribution in [0, 0.1) is 16.2 Å².